The Kier molecular flexibility index (Phi) is 4.75. The molecule has 0 fully saturated rings. The van der Waals surface area contributed by atoms with E-state index in [2.05, 4.69) is 25.2 Å². The van der Waals surface area contributed by atoms with E-state index in [0.29, 0.717) is 34.3 Å². The molecule has 0 saturated carbocycles. The number of pyridine rings is 1. The average molecular weight is 400 g/mol. The molecule has 4 aromatic rings. The van der Waals surface area contributed by atoms with E-state index in [4.69, 9.17) is 4.74 Å². The van der Waals surface area contributed by atoms with Crippen LogP contribution in [-0.2, 0) is 14.1 Å². The number of benzene rings is 1. The summed E-state index contributed by atoms with van der Waals surface area (Å²) in [7, 11) is 5.16. The molecule has 3 aromatic heterocycles. The average Bonchev–Trinajstić information content (AvgIpc) is 3.24. The molecule has 8 nitrogen and oxygen atoms in total. The Hall–Kier alpha value is -3.69. The standard InChI is InChI=1S/C19H18F2N6O2/c1-26-17(8-14(25-26)11-5-4-6-12(7-11)29-19(20)21)23-16-9-15(28-3)13-10-22-27(2)18(13)24-16/h4-10,19H,1-3H3,(H,23,24). The van der Waals surface area contributed by atoms with Gasteiger partial charge in [0.15, 0.2) is 5.65 Å². The predicted molar refractivity (Wildman–Crippen MR) is 104 cm³/mol. The largest absolute Gasteiger partial charge is 0.496 e. The van der Waals surface area contributed by atoms with Crippen LogP contribution >= 0.6 is 0 Å². The van der Waals surface area contributed by atoms with E-state index < -0.39 is 6.61 Å². The van der Waals surface area contributed by atoms with Crippen molar-refractivity contribution in [3.05, 3.63) is 42.6 Å². The molecule has 4 rings (SSSR count). The van der Waals surface area contributed by atoms with Crippen LogP contribution in [0.2, 0.25) is 0 Å². The molecule has 3 heterocycles. The minimum absolute atomic E-state index is 0.0747. The maximum Gasteiger partial charge on any atom is 0.387 e. The molecule has 0 unspecified atom stereocenters. The number of alkyl halides is 2. The fourth-order valence-corrected chi connectivity index (χ4v) is 3.01. The summed E-state index contributed by atoms with van der Waals surface area (Å²) in [5, 5.41) is 12.7. The third-order valence-electron chi connectivity index (χ3n) is 4.38. The monoisotopic (exact) mass is 400 g/mol. The first-order valence-electron chi connectivity index (χ1n) is 8.67. The van der Waals surface area contributed by atoms with Crippen LogP contribution in [0.15, 0.2) is 42.6 Å². The summed E-state index contributed by atoms with van der Waals surface area (Å²) in [6.45, 7) is -2.88. The summed E-state index contributed by atoms with van der Waals surface area (Å²) >= 11 is 0. The summed E-state index contributed by atoms with van der Waals surface area (Å²) in [5.41, 5.74) is 1.92. The van der Waals surface area contributed by atoms with E-state index in [0.717, 1.165) is 5.39 Å². The lowest BCUT2D eigenvalue weighted by molar-refractivity contribution is -0.0498. The number of methoxy groups -OCH3 is 1. The van der Waals surface area contributed by atoms with Crippen LogP contribution in [0.1, 0.15) is 0 Å². The lowest BCUT2D eigenvalue weighted by Crippen LogP contribution is -2.02. The Morgan fingerprint density at radius 2 is 1.93 bits per heavy atom. The van der Waals surface area contributed by atoms with Crippen molar-refractivity contribution < 1.29 is 18.3 Å². The highest BCUT2D eigenvalue weighted by atomic mass is 19.3. The molecule has 0 atom stereocenters. The molecule has 0 spiro atoms. The third kappa shape index (κ3) is 3.68. The van der Waals surface area contributed by atoms with E-state index in [9.17, 15) is 8.78 Å². The van der Waals surface area contributed by atoms with Gasteiger partial charge in [-0.1, -0.05) is 12.1 Å². The van der Waals surface area contributed by atoms with Gasteiger partial charge in [0.05, 0.1) is 24.4 Å². The summed E-state index contributed by atoms with van der Waals surface area (Å²) < 4.78 is 38.1. The molecular formula is C19H18F2N6O2. The number of fused-ring (bicyclic) bond motifs is 1. The van der Waals surface area contributed by atoms with E-state index in [1.807, 2.05) is 0 Å². The zero-order valence-corrected chi connectivity index (χ0v) is 15.9. The number of hydrogen-bond acceptors (Lipinski definition) is 6. The number of rotatable bonds is 6. The highest BCUT2D eigenvalue weighted by molar-refractivity contribution is 5.84. The minimum Gasteiger partial charge on any atom is -0.496 e. The molecule has 150 valence electrons. The number of ether oxygens (including phenoxy) is 2. The first-order chi connectivity index (χ1) is 13.9. The lowest BCUT2D eigenvalue weighted by atomic mass is 10.1. The molecule has 0 aliphatic rings. The summed E-state index contributed by atoms with van der Waals surface area (Å²) in [6, 6.07) is 9.96. The van der Waals surface area contributed by atoms with Crippen molar-refractivity contribution in [1.82, 2.24) is 24.5 Å². The Labute approximate surface area is 164 Å². The van der Waals surface area contributed by atoms with Crippen LogP contribution in [0, 0.1) is 0 Å². The van der Waals surface area contributed by atoms with Gasteiger partial charge in [0.2, 0.25) is 0 Å². The van der Waals surface area contributed by atoms with Crippen LogP contribution < -0.4 is 14.8 Å². The van der Waals surface area contributed by atoms with Crippen molar-refractivity contribution in [3.63, 3.8) is 0 Å². The fourth-order valence-electron chi connectivity index (χ4n) is 3.01. The van der Waals surface area contributed by atoms with Crippen LogP contribution in [0.5, 0.6) is 11.5 Å². The Morgan fingerprint density at radius 3 is 2.69 bits per heavy atom. The molecule has 0 saturated heterocycles. The molecular weight excluding hydrogens is 382 g/mol. The molecule has 1 aromatic carbocycles. The lowest BCUT2D eigenvalue weighted by Gasteiger charge is -2.08. The van der Waals surface area contributed by atoms with Crippen molar-refractivity contribution in [2.45, 2.75) is 6.61 Å². The second kappa shape index (κ2) is 7.38. The van der Waals surface area contributed by atoms with Gasteiger partial charge < -0.3 is 14.8 Å². The van der Waals surface area contributed by atoms with Gasteiger partial charge in [0, 0.05) is 31.8 Å². The highest BCUT2D eigenvalue weighted by Crippen LogP contribution is 2.30. The molecule has 0 aliphatic carbocycles. The third-order valence-corrected chi connectivity index (χ3v) is 4.38. The number of nitrogens with one attached hydrogen (secondary N) is 1. The van der Waals surface area contributed by atoms with Gasteiger partial charge in [0.25, 0.3) is 0 Å². The maximum atomic E-state index is 12.5. The first-order valence-corrected chi connectivity index (χ1v) is 8.67. The van der Waals surface area contributed by atoms with E-state index >= 15 is 0 Å². The normalized spacial score (nSPS) is 11.2. The number of hydrogen-bond donors (Lipinski definition) is 1. The van der Waals surface area contributed by atoms with Crippen molar-refractivity contribution in [1.29, 1.82) is 0 Å². The van der Waals surface area contributed by atoms with Crippen LogP contribution in [0.25, 0.3) is 22.3 Å². The van der Waals surface area contributed by atoms with Gasteiger partial charge in [-0.3, -0.25) is 9.36 Å². The van der Waals surface area contributed by atoms with Crippen LogP contribution in [0.3, 0.4) is 0 Å². The number of aromatic nitrogens is 5. The zero-order chi connectivity index (χ0) is 20.5. The topological polar surface area (TPSA) is 79.0 Å². The number of nitrogens with zero attached hydrogens (tertiary/aromatic N) is 5. The molecule has 0 aliphatic heterocycles. The minimum atomic E-state index is -2.88. The second-order valence-corrected chi connectivity index (χ2v) is 6.28. The first kappa shape index (κ1) is 18.7. The van der Waals surface area contributed by atoms with E-state index in [-0.39, 0.29) is 5.75 Å². The van der Waals surface area contributed by atoms with Gasteiger partial charge in [-0.15, -0.1) is 0 Å². The van der Waals surface area contributed by atoms with Crippen LogP contribution in [-0.4, -0.2) is 38.3 Å². The summed E-state index contributed by atoms with van der Waals surface area (Å²) in [4.78, 5) is 4.57. The van der Waals surface area contributed by atoms with Crippen molar-refractivity contribution >= 4 is 22.7 Å². The number of aryl methyl sites for hydroxylation is 2. The van der Waals surface area contributed by atoms with Crippen molar-refractivity contribution in [3.8, 4) is 22.8 Å². The summed E-state index contributed by atoms with van der Waals surface area (Å²) in [6.07, 6.45) is 1.70. The Bertz CT molecular complexity index is 1170. The number of halogens is 2. The molecule has 10 heteroatoms. The van der Waals surface area contributed by atoms with Crippen molar-refractivity contribution in [2.75, 3.05) is 12.4 Å². The molecule has 0 radical (unpaired) electrons. The van der Waals surface area contributed by atoms with E-state index in [1.54, 1.807) is 61.0 Å². The molecule has 1 N–H and O–H groups in total. The van der Waals surface area contributed by atoms with Gasteiger partial charge in [-0.2, -0.15) is 19.0 Å². The molecule has 0 amide bonds. The van der Waals surface area contributed by atoms with Gasteiger partial charge in [-0.05, 0) is 12.1 Å². The second-order valence-electron chi connectivity index (χ2n) is 6.28. The van der Waals surface area contributed by atoms with E-state index in [1.165, 1.54) is 12.1 Å². The maximum absolute atomic E-state index is 12.5. The summed E-state index contributed by atoms with van der Waals surface area (Å²) in [5.74, 6) is 1.94. The quantitative estimate of drug-likeness (QED) is 0.531. The van der Waals surface area contributed by atoms with Gasteiger partial charge in [0.1, 0.15) is 23.1 Å². The van der Waals surface area contributed by atoms with Gasteiger partial charge in [-0.25, -0.2) is 4.98 Å². The zero-order valence-electron chi connectivity index (χ0n) is 15.9. The highest BCUT2D eigenvalue weighted by Gasteiger charge is 2.14. The van der Waals surface area contributed by atoms with Gasteiger partial charge >= 0.3 is 6.61 Å². The fraction of sp³-hybridized carbons (Fsp3) is 0.211. The SMILES string of the molecule is COc1cc(Nc2cc(-c3cccc(OC(F)F)c3)nn2C)nc2c1cnn2C. The van der Waals surface area contributed by atoms with Crippen molar-refractivity contribution in [2.24, 2.45) is 14.1 Å². The van der Waals surface area contributed by atoms with Crippen LogP contribution in [0.4, 0.5) is 20.4 Å². The smallest absolute Gasteiger partial charge is 0.387 e. The molecule has 0 bridgehead atoms. The Morgan fingerprint density at radius 1 is 1.10 bits per heavy atom. The molecule has 29 heavy (non-hydrogen) atoms. The Balaban J connectivity index is 1.66. The predicted octanol–water partition coefficient (Wildman–Crippen LogP) is 3.72. The number of anilines is 2.